The Kier molecular flexibility index (Phi) is 0.748. The summed E-state index contributed by atoms with van der Waals surface area (Å²) in [5.74, 6) is 0.440. The van der Waals surface area contributed by atoms with Crippen molar-refractivity contribution in [1.29, 1.82) is 0 Å². The smallest absolute Gasteiger partial charge is 0.140 e. The highest BCUT2D eigenvalue weighted by molar-refractivity contribution is 6.00. The zero-order valence-electron chi connectivity index (χ0n) is 4.82. The number of carbonyl (C=O) groups is 1. The average molecular weight is 98.1 g/mol. The molecule has 0 aromatic carbocycles. The van der Waals surface area contributed by atoms with Gasteiger partial charge in [0.1, 0.15) is 5.78 Å². The van der Waals surface area contributed by atoms with Gasteiger partial charge >= 0.3 is 0 Å². The summed E-state index contributed by atoms with van der Waals surface area (Å²) in [7, 11) is 0. The molecule has 1 rings (SSSR count). The van der Waals surface area contributed by atoms with E-state index in [9.17, 15) is 4.79 Å². The van der Waals surface area contributed by atoms with Gasteiger partial charge in [0.25, 0.3) is 0 Å². The van der Waals surface area contributed by atoms with Crippen LogP contribution in [0, 0.1) is 5.41 Å². The summed E-state index contributed by atoms with van der Waals surface area (Å²) < 4.78 is 0. The Morgan fingerprint density at radius 1 is 1.86 bits per heavy atom. The fourth-order valence-electron chi connectivity index (χ4n) is 0.632. The molecule has 0 saturated heterocycles. The molecule has 0 amide bonds. The van der Waals surface area contributed by atoms with E-state index in [0.717, 1.165) is 12.8 Å². The number of rotatable bonds is 1. The van der Waals surface area contributed by atoms with Gasteiger partial charge in [0.15, 0.2) is 0 Å². The number of Topliss-reactive ketones (excluding diaryl/α,β-unsaturated/α-hetero) is 1. The third-order valence-corrected chi connectivity index (χ3v) is 1.88. The number of carbonyl (C=O) groups excluding carboxylic acids is 1. The van der Waals surface area contributed by atoms with Crippen molar-refractivity contribution < 1.29 is 4.79 Å². The molecule has 0 N–H and O–H groups in total. The number of hydrogen-bond donors (Lipinski definition) is 0. The molecule has 0 aromatic heterocycles. The van der Waals surface area contributed by atoms with Crippen molar-refractivity contribution in [3.63, 3.8) is 0 Å². The van der Waals surface area contributed by atoms with Crippen molar-refractivity contribution in [3.05, 3.63) is 0 Å². The summed E-state index contributed by atoms with van der Waals surface area (Å²) in [6.07, 6.45) is 1.84. The van der Waals surface area contributed by atoms with Crippen LogP contribution in [0.3, 0.4) is 0 Å². The van der Waals surface area contributed by atoms with Gasteiger partial charge in [-0.1, -0.05) is 13.8 Å². The molecule has 0 spiro atoms. The van der Waals surface area contributed by atoms with Gasteiger partial charge in [0.2, 0.25) is 0 Å². The van der Waals surface area contributed by atoms with Crippen LogP contribution in [0.25, 0.3) is 0 Å². The van der Waals surface area contributed by atoms with Crippen LogP contribution < -0.4 is 0 Å². The van der Waals surface area contributed by atoms with Crippen LogP contribution in [-0.2, 0) is 4.79 Å². The molecule has 1 nitrogen and oxygen atoms in total. The molecule has 1 fully saturated rings. The fraction of sp³-hybridized carbons (Fsp3) is 0.833. The molecule has 0 heterocycles. The highest BCUT2D eigenvalue weighted by Crippen LogP contribution is 2.42. The zero-order valence-corrected chi connectivity index (χ0v) is 4.82. The van der Waals surface area contributed by atoms with Gasteiger partial charge in [0, 0.05) is 11.8 Å². The predicted octanol–water partition coefficient (Wildman–Crippen LogP) is 1.38. The second-order valence-corrected chi connectivity index (χ2v) is 2.51. The van der Waals surface area contributed by atoms with Crippen molar-refractivity contribution in [3.8, 4) is 0 Å². The monoisotopic (exact) mass is 98.1 g/mol. The first-order valence-corrected chi connectivity index (χ1v) is 2.72. The predicted molar refractivity (Wildman–Crippen MR) is 28.0 cm³/mol. The van der Waals surface area contributed by atoms with E-state index in [2.05, 4.69) is 6.92 Å². The van der Waals surface area contributed by atoms with Crippen LogP contribution in [-0.4, -0.2) is 5.78 Å². The van der Waals surface area contributed by atoms with Gasteiger partial charge in [-0.15, -0.1) is 0 Å². The van der Waals surface area contributed by atoms with E-state index in [0.29, 0.717) is 5.78 Å². The highest BCUT2D eigenvalue weighted by Gasteiger charge is 2.46. The van der Waals surface area contributed by atoms with Crippen molar-refractivity contribution in [2.24, 2.45) is 5.41 Å². The third kappa shape index (κ3) is 0.561. The molecule has 1 unspecified atom stereocenters. The Hall–Kier alpha value is -0.330. The van der Waals surface area contributed by atoms with E-state index in [4.69, 9.17) is 0 Å². The quantitative estimate of drug-likeness (QED) is 0.484. The van der Waals surface area contributed by atoms with Crippen LogP contribution in [0.5, 0.6) is 0 Å². The molecule has 40 valence electrons. The van der Waals surface area contributed by atoms with Gasteiger partial charge < -0.3 is 0 Å². The Labute approximate surface area is 43.7 Å². The Morgan fingerprint density at radius 3 is 2.29 bits per heavy atom. The van der Waals surface area contributed by atoms with Crippen molar-refractivity contribution >= 4 is 5.78 Å². The molecule has 1 aliphatic carbocycles. The maximum Gasteiger partial charge on any atom is 0.140 e. The minimum atomic E-state index is 0.111. The third-order valence-electron chi connectivity index (χ3n) is 1.88. The molecule has 1 aliphatic rings. The van der Waals surface area contributed by atoms with Crippen LogP contribution in [0.1, 0.15) is 26.7 Å². The van der Waals surface area contributed by atoms with Gasteiger partial charge in [0.05, 0.1) is 0 Å². The molecule has 1 heteroatoms. The lowest BCUT2D eigenvalue weighted by atomic mass is 10.1. The summed E-state index contributed by atoms with van der Waals surface area (Å²) in [4.78, 5) is 10.4. The first-order chi connectivity index (χ1) is 3.19. The molecule has 0 radical (unpaired) electrons. The molecule has 1 atom stereocenters. The topological polar surface area (TPSA) is 17.1 Å². The standard InChI is InChI=1S/C6H10O/c1-3-6(2)4-5(6)7/h3-4H2,1-2H3. The lowest BCUT2D eigenvalue weighted by molar-refractivity contribution is -0.112. The normalized spacial score (nSPS) is 38.9. The van der Waals surface area contributed by atoms with Crippen LogP contribution in [0.4, 0.5) is 0 Å². The van der Waals surface area contributed by atoms with Gasteiger partial charge in [-0.25, -0.2) is 0 Å². The Morgan fingerprint density at radius 2 is 2.29 bits per heavy atom. The van der Waals surface area contributed by atoms with Crippen LogP contribution in [0.15, 0.2) is 0 Å². The van der Waals surface area contributed by atoms with Crippen LogP contribution in [0.2, 0.25) is 0 Å². The first-order valence-electron chi connectivity index (χ1n) is 2.72. The number of hydrogen-bond acceptors (Lipinski definition) is 1. The van der Waals surface area contributed by atoms with E-state index in [1.807, 2.05) is 6.92 Å². The molecule has 0 aliphatic heterocycles. The first kappa shape index (κ1) is 4.82. The lowest BCUT2D eigenvalue weighted by Crippen LogP contribution is -1.91. The van der Waals surface area contributed by atoms with E-state index < -0.39 is 0 Å². The molecule has 0 aromatic rings. The maximum atomic E-state index is 10.4. The maximum absolute atomic E-state index is 10.4. The lowest BCUT2D eigenvalue weighted by Gasteiger charge is -1.93. The van der Waals surface area contributed by atoms with E-state index in [1.165, 1.54) is 0 Å². The molecular weight excluding hydrogens is 88.1 g/mol. The number of ketones is 1. The minimum Gasteiger partial charge on any atom is -0.299 e. The Bertz CT molecular complexity index is 107. The van der Waals surface area contributed by atoms with Gasteiger partial charge in [-0.2, -0.15) is 0 Å². The van der Waals surface area contributed by atoms with Crippen molar-refractivity contribution in [1.82, 2.24) is 0 Å². The van der Waals surface area contributed by atoms with E-state index in [1.54, 1.807) is 0 Å². The Balaban J connectivity index is 2.52. The van der Waals surface area contributed by atoms with Gasteiger partial charge in [-0.3, -0.25) is 4.79 Å². The van der Waals surface area contributed by atoms with Crippen molar-refractivity contribution in [2.45, 2.75) is 26.7 Å². The summed E-state index contributed by atoms with van der Waals surface area (Å²) in [5, 5.41) is 0. The second-order valence-electron chi connectivity index (χ2n) is 2.51. The average Bonchev–Trinajstić information content (AvgIpc) is 2.18. The second kappa shape index (κ2) is 1.09. The van der Waals surface area contributed by atoms with E-state index >= 15 is 0 Å². The van der Waals surface area contributed by atoms with Crippen molar-refractivity contribution in [2.75, 3.05) is 0 Å². The minimum absolute atomic E-state index is 0.111. The van der Waals surface area contributed by atoms with Gasteiger partial charge in [-0.05, 0) is 6.42 Å². The van der Waals surface area contributed by atoms with Crippen LogP contribution >= 0.6 is 0 Å². The summed E-state index contributed by atoms with van der Waals surface area (Å²) >= 11 is 0. The largest absolute Gasteiger partial charge is 0.299 e. The van der Waals surface area contributed by atoms with E-state index in [-0.39, 0.29) is 5.41 Å². The molecule has 1 saturated carbocycles. The SMILES string of the molecule is CCC1(C)CC1=O. The summed E-state index contributed by atoms with van der Waals surface area (Å²) in [5.41, 5.74) is 0.111. The molecule has 0 bridgehead atoms. The highest BCUT2D eigenvalue weighted by atomic mass is 16.1. The zero-order chi connectivity index (χ0) is 5.49. The fourth-order valence-corrected chi connectivity index (χ4v) is 0.632. The molecular formula is C6H10O. The summed E-state index contributed by atoms with van der Waals surface area (Å²) in [6.45, 7) is 4.08. The molecule has 7 heavy (non-hydrogen) atoms. The summed E-state index contributed by atoms with van der Waals surface area (Å²) in [6, 6.07) is 0.